The number of hydrogen-bond donors (Lipinski definition) is 3. The van der Waals surface area contributed by atoms with Crippen molar-refractivity contribution in [3.8, 4) is 0 Å². The molecular weight excluding hydrogens is 499 g/mol. The Morgan fingerprint density at radius 2 is 1.97 bits per heavy atom. The zero-order valence-electron chi connectivity index (χ0n) is 18.8. The lowest BCUT2D eigenvalue weighted by molar-refractivity contribution is 0.253. The molecule has 0 amide bonds. The lowest BCUT2D eigenvalue weighted by Gasteiger charge is -2.15. The highest BCUT2D eigenvalue weighted by molar-refractivity contribution is 14.0. The number of hydrogen-bond acceptors (Lipinski definition) is 5. The molecule has 0 saturated heterocycles. The van der Waals surface area contributed by atoms with Crippen molar-refractivity contribution in [2.45, 2.75) is 71.5 Å². The molecule has 0 aliphatic rings. The van der Waals surface area contributed by atoms with Crippen LogP contribution in [0.4, 0.5) is 0 Å². The van der Waals surface area contributed by atoms with Gasteiger partial charge in [-0.3, -0.25) is 4.99 Å². The lowest BCUT2D eigenvalue weighted by Crippen LogP contribution is -2.38. The van der Waals surface area contributed by atoms with E-state index in [1.807, 2.05) is 6.26 Å². The monoisotopic (exact) mass is 540 g/mol. The van der Waals surface area contributed by atoms with Gasteiger partial charge >= 0.3 is 0 Å². The predicted octanol–water partition coefficient (Wildman–Crippen LogP) is 3.56. The van der Waals surface area contributed by atoms with Gasteiger partial charge in [-0.2, -0.15) is 0 Å². The normalized spacial score (nSPS) is 12.7. The van der Waals surface area contributed by atoms with Crippen LogP contribution in [0.2, 0.25) is 0 Å². The summed E-state index contributed by atoms with van der Waals surface area (Å²) in [5.74, 6) is 2.94. The molecule has 0 aromatic carbocycles. The number of thioether (sulfide) groups is 1. The molecule has 1 rings (SSSR count). The number of aliphatic hydroxyl groups is 1. The van der Waals surface area contributed by atoms with E-state index >= 15 is 0 Å². The van der Waals surface area contributed by atoms with Crippen molar-refractivity contribution in [3.05, 3.63) is 5.82 Å². The first-order valence-corrected chi connectivity index (χ1v) is 11.9. The van der Waals surface area contributed by atoms with Gasteiger partial charge in [-0.1, -0.05) is 39.0 Å². The molecule has 0 radical (unpaired) electrons. The maximum absolute atomic E-state index is 9.22. The summed E-state index contributed by atoms with van der Waals surface area (Å²) >= 11 is 1.65. The van der Waals surface area contributed by atoms with E-state index in [1.54, 1.807) is 11.8 Å². The molecule has 9 heteroatoms. The minimum atomic E-state index is 0. The number of guanidine groups is 1. The maximum Gasteiger partial charge on any atom is 0.191 e. The molecule has 29 heavy (non-hydrogen) atoms. The molecule has 0 saturated carbocycles. The Morgan fingerprint density at radius 1 is 1.21 bits per heavy atom. The average molecular weight is 541 g/mol. The van der Waals surface area contributed by atoms with Crippen molar-refractivity contribution < 1.29 is 5.11 Å². The van der Waals surface area contributed by atoms with Crippen molar-refractivity contribution in [1.29, 1.82) is 0 Å². The van der Waals surface area contributed by atoms with Gasteiger partial charge in [-0.15, -0.1) is 34.2 Å². The van der Waals surface area contributed by atoms with Crippen LogP contribution in [0.3, 0.4) is 0 Å². The summed E-state index contributed by atoms with van der Waals surface area (Å²) in [5.41, 5.74) is 0. The molecule has 1 aromatic heterocycles. The summed E-state index contributed by atoms with van der Waals surface area (Å²) in [6.07, 6.45) is 6.97. The van der Waals surface area contributed by atoms with Crippen LogP contribution in [0.25, 0.3) is 0 Å². The minimum Gasteiger partial charge on any atom is -0.396 e. The molecule has 7 nitrogen and oxygen atoms in total. The summed E-state index contributed by atoms with van der Waals surface area (Å²) in [7, 11) is 0. The molecule has 0 bridgehead atoms. The van der Waals surface area contributed by atoms with Crippen molar-refractivity contribution >= 4 is 41.7 Å². The summed E-state index contributed by atoms with van der Waals surface area (Å²) in [5, 5.41) is 25.7. The van der Waals surface area contributed by atoms with E-state index in [4.69, 9.17) is 4.99 Å². The Morgan fingerprint density at radius 3 is 2.55 bits per heavy atom. The largest absolute Gasteiger partial charge is 0.396 e. The van der Waals surface area contributed by atoms with E-state index in [-0.39, 0.29) is 30.6 Å². The third-order valence-corrected chi connectivity index (χ3v) is 5.15. The van der Waals surface area contributed by atoms with Gasteiger partial charge in [0, 0.05) is 39.2 Å². The third-order valence-electron chi connectivity index (χ3n) is 4.48. The molecular formula is C20H41IN6OS. The Kier molecular flexibility index (Phi) is 16.8. The number of aromatic nitrogens is 3. The highest BCUT2D eigenvalue weighted by atomic mass is 127. The van der Waals surface area contributed by atoms with Gasteiger partial charge in [-0.05, 0) is 44.3 Å². The maximum atomic E-state index is 9.22. The third kappa shape index (κ3) is 11.4. The first-order chi connectivity index (χ1) is 13.5. The minimum absolute atomic E-state index is 0. The van der Waals surface area contributed by atoms with Crippen LogP contribution in [0, 0.1) is 11.8 Å². The molecule has 1 heterocycles. The van der Waals surface area contributed by atoms with Crippen LogP contribution in [0.15, 0.2) is 10.1 Å². The van der Waals surface area contributed by atoms with E-state index in [1.165, 1.54) is 0 Å². The quantitative estimate of drug-likeness (QED) is 0.110. The molecule has 170 valence electrons. The summed E-state index contributed by atoms with van der Waals surface area (Å²) in [6.45, 7) is 12.3. The van der Waals surface area contributed by atoms with Gasteiger partial charge in [0.05, 0.1) is 0 Å². The molecule has 0 fully saturated rings. The Balaban J connectivity index is 0.00000784. The second-order valence-electron chi connectivity index (χ2n) is 7.52. The summed E-state index contributed by atoms with van der Waals surface area (Å²) in [6, 6.07) is 0. The summed E-state index contributed by atoms with van der Waals surface area (Å²) < 4.78 is 2.25. The average Bonchev–Trinajstić information content (AvgIpc) is 3.04. The predicted molar refractivity (Wildman–Crippen MR) is 134 cm³/mol. The highest BCUT2D eigenvalue weighted by Crippen LogP contribution is 2.16. The van der Waals surface area contributed by atoms with Gasteiger partial charge in [0.1, 0.15) is 5.82 Å². The Bertz CT molecular complexity index is 561. The smallest absolute Gasteiger partial charge is 0.191 e. The number of aliphatic hydroxyl groups excluding tert-OH is 1. The fraction of sp³-hybridized carbons (Fsp3) is 0.850. The topological polar surface area (TPSA) is 87.4 Å². The SMILES string of the molecule is CCCC(CCO)CN=C(NCC)NCCCc1nnc(SC)n1CC(C)C.I. The highest BCUT2D eigenvalue weighted by Gasteiger charge is 2.12. The van der Waals surface area contributed by atoms with Gasteiger partial charge in [0.25, 0.3) is 0 Å². The van der Waals surface area contributed by atoms with Gasteiger partial charge in [0.15, 0.2) is 11.1 Å². The molecule has 1 atom stereocenters. The number of nitrogens with one attached hydrogen (secondary N) is 2. The van der Waals surface area contributed by atoms with Crippen molar-refractivity contribution in [2.75, 3.05) is 32.5 Å². The van der Waals surface area contributed by atoms with Gasteiger partial charge < -0.3 is 20.3 Å². The van der Waals surface area contributed by atoms with Crippen LogP contribution >= 0.6 is 35.7 Å². The molecule has 0 aliphatic heterocycles. The first kappa shape index (κ1) is 28.5. The number of rotatable bonds is 14. The van der Waals surface area contributed by atoms with Crippen LogP contribution in [-0.2, 0) is 13.0 Å². The molecule has 1 aromatic rings. The number of aliphatic imine (C=N–C) groups is 1. The number of halogens is 1. The lowest BCUT2D eigenvalue weighted by atomic mass is 10.0. The standard InChI is InChI=1S/C20H40N6OS.HI/c1-6-9-17(11-13-27)14-23-19(21-7-2)22-12-8-10-18-24-25-20(28-5)26(18)15-16(3)4;/h16-17,27H,6-15H2,1-5H3,(H2,21,22,23);1H. The first-order valence-electron chi connectivity index (χ1n) is 10.6. The van der Waals surface area contributed by atoms with Crippen LogP contribution in [-0.4, -0.2) is 58.3 Å². The number of nitrogens with zero attached hydrogens (tertiary/aromatic N) is 4. The van der Waals surface area contributed by atoms with E-state index in [0.29, 0.717) is 11.8 Å². The fourth-order valence-electron chi connectivity index (χ4n) is 3.14. The van der Waals surface area contributed by atoms with E-state index in [0.717, 1.165) is 75.2 Å². The van der Waals surface area contributed by atoms with Crippen LogP contribution in [0.1, 0.15) is 59.2 Å². The van der Waals surface area contributed by atoms with Crippen LogP contribution in [0.5, 0.6) is 0 Å². The molecule has 1 unspecified atom stereocenters. The van der Waals surface area contributed by atoms with Crippen molar-refractivity contribution in [2.24, 2.45) is 16.8 Å². The van der Waals surface area contributed by atoms with E-state index in [9.17, 15) is 5.11 Å². The molecule has 0 spiro atoms. The van der Waals surface area contributed by atoms with E-state index < -0.39 is 0 Å². The Labute approximate surface area is 198 Å². The molecule has 0 aliphatic carbocycles. The molecule has 3 N–H and O–H groups in total. The summed E-state index contributed by atoms with van der Waals surface area (Å²) in [4.78, 5) is 4.72. The zero-order valence-corrected chi connectivity index (χ0v) is 21.9. The number of aryl methyl sites for hydroxylation is 1. The van der Waals surface area contributed by atoms with Gasteiger partial charge in [0.2, 0.25) is 0 Å². The second kappa shape index (κ2) is 17.2. The van der Waals surface area contributed by atoms with Crippen molar-refractivity contribution in [3.63, 3.8) is 0 Å². The van der Waals surface area contributed by atoms with Crippen LogP contribution < -0.4 is 10.6 Å². The van der Waals surface area contributed by atoms with Crippen molar-refractivity contribution in [1.82, 2.24) is 25.4 Å². The second-order valence-corrected chi connectivity index (χ2v) is 8.30. The Hall–Kier alpha value is -0.550. The van der Waals surface area contributed by atoms with Gasteiger partial charge in [-0.25, -0.2) is 0 Å². The fourth-order valence-corrected chi connectivity index (χ4v) is 3.66. The van der Waals surface area contributed by atoms with E-state index in [2.05, 4.69) is 53.1 Å². The zero-order chi connectivity index (χ0) is 20.8.